The van der Waals surface area contributed by atoms with Crippen LogP contribution < -0.4 is 9.44 Å². The van der Waals surface area contributed by atoms with Gasteiger partial charge in [0.25, 0.3) is 10.2 Å². The van der Waals surface area contributed by atoms with E-state index in [2.05, 4.69) is 28.2 Å². The summed E-state index contributed by atoms with van der Waals surface area (Å²) in [4.78, 5) is 2.21. The van der Waals surface area contributed by atoms with Crippen LogP contribution in [0.3, 0.4) is 0 Å². The molecule has 1 atom stereocenters. The molecule has 5 nitrogen and oxygen atoms in total. The van der Waals surface area contributed by atoms with Crippen LogP contribution in [-0.2, 0) is 10.2 Å². The van der Waals surface area contributed by atoms with Gasteiger partial charge in [0, 0.05) is 18.6 Å². The minimum atomic E-state index is -3.35. The molecule has 0 aromatic carbocycles. The average molecular weight is 251 g/mol. The Morgan fingerprint density at radius 1 is 1.12 bits per heavy atom. The SMILES string of the molecule is CCN(CC)C(C)CNS(=O)(=O)NC(C)C. The minimum Gasteiger partial charge on any atom is -0.300 e. The molecule has 2 N–H and O–H groups in total. The molecule has 98 valence electrons. The molecule has 0 saturated carbocycles. The first-order valence-electron chi connectivity index (χ1n) is 5.83. The Hall–Kier alpha value is -0.170. The molecule has 0 aliphatic rings. The molecule has 1 unspecified atom stereocenters. The van der Waals surface area contributed by atoms with E-state index in [9.17, 15) is 8.42 Å². The summed E-state index contributed by atoms with van der Waals surface area (Å²) < 4.78 is 28.1. The highest BCUT2D eigenvalue weighted by molar-refractivity contribution is 7.87. The van der Waals surface area contributed by atoms with Crippen LogP contribution in [-0.4, -0.2) is 45.0 Å². The highest BCUT2D eigenvalue weighted by Crippen LogP contribution is 1.97. The van der Waals surface area contributed by atoms with E-state index in [4.69, 9.17) is 0 Å². The number of hydrogen-bond acceptors (Lipinski definition) is 3. The van der Waals surface area contributed by atoms with Crippen molar-refractivity contribution in [2.75, 3.05) is 19.6 Å². The molecule has 0 bridgehead atoms. The first kappa shape index (κ1) is 15.8. The second kappa shape index (κ2) is 7.21. The first-order valence-corrected chi connectivity index (χ1v) is 7.31. The van der Waals surface area contributed by atoms with Gasteiger partial charge >= 0.3 is 0 Å². The summed E-state index contributed by atoms with van der Waals surface area (Å²) in [6, 6.07) is 0.125. The second-order valence-electron chi connectivity index (χ2n) is 4.19. The van der Waals surface area contributed by atoms with Crippen LogP contribution in [0.1, 0.15) is 34.6 Å². The molecule has 0 saturated heterocycles. The lowest BCUT2D eigenvalue weighted by atomic mass is 10.3. The normalized spacial score (nSPS) is 14.7. The van der Waals surface area contributed by atoms with E-state index < -0.39 is 10.2 Å². The number of hydrogen-bond donors (Lipinski definition) is 2. The molecule has 0 amide bonds. The summed E-state index contributed by atoms with van der Waals surface area (Å²) >= 11 is 0. The maximum absolute atomic E-state index is 11.5. The molecular formula is C10H25N3O2S. The van der Waals surface area contributed by atoms with E-state index in [0.29, 0.717) is 6.54 Å². The number of nitrogens with one attached hydrogen (secondary N) is 2. The summed E-state index contributed by atoms with van der Waals surface area (Å²) in [7, 11) is -3.35. The molecule has 0 fully saturated rings. The summed E-state index contributed by atoms with van der Waals surface area (Å²) in [6.45, 7) is 12.0. The van der Waals surface area contributed by atoms with Crippen molar-refractivity contribution in [3.63, 3.8) is 0 Å². The van der Waals surface area contributed by atoms with Crippen LogP contribution in [0.15, 0.2) is 0 Å². The fourth-order valence-electron chi connectivity index (χ4n) is 1.56. The highest BCUT2D eigenvalue weighted by Gasteiger charge is 2.15. The minimum absolute atomic E-state index is 0.0822. The van der Waals surface area contributed by atoms with Gasteiger partial charge in [0.2, 0.25) is 0 Å². The number of nitrogens with zero attached hydrogens (tertiary/aromatic N) is 1. The molecule has 0 rings (SSSR count). The van der Waals surface area contributed by atoms with E-state index >= 15 is 0 Å². The van der Waals surface area contributed by atoms with Crippen LogP contribution >= 0.6 is 0 Å². The Bertz CT molecular complexity index is 274. The predicted molar refractivity (Wildman–Crippen MR) is 67.6 cm³/mol. The Morgan fingerprint density at radius 2 is 1.62 bits per heavy atom. The van der Waals surface area contributed by atoms with Crippen molar-refractivity contribution in [3.8, 4) is 0 Å². The van der Waals surface area contributed by atoms with Gasteiger partial charge in [-0.15, -0.1) is 0 Å². The monoisotopic (exact) mass is 251 g/mol. The topological polar surface area (TPSA) is 61.4 Å². The van der Waals surface area contributed by atoms with Crippen LogP contribution in [0.25, 0.3) is 0 Å². The molecule has 0 spiro atoms. The standard InChI is InChI=1S/C10H25N3O2S/c1-6-13(7-2)10(5)8-11-16(14,15)12-9(3)4/h9-12H,6-8H2,1-5H3. The maximum Gasteiger partial charge on any atom is 0.277 e. The van der Waals surface area contributed by atoms with Crippen molar-refractivity contribution in [2.24, 2.45) is 0 Å². The van der Waals surface area contributed by atoms with Gasteiger partial charge in [-0.05, 0) is 33.9 Å². The maximum atomic E-state index is 11.5. The molecular weight excluding hydrogens is 226 g/mol. The quantitative estimate of drug-likeness (QED) is 0.662. The van der Waals surface area contributed by atoms with Crippen molar-refractivity contribution >= 4 is 10.2 Å². The molecule has 0 aliphatic carbocycles. The Balaban J connectivity index is 4.13. The van der Waals surface area contributed by atoms with Crippen LogP contribution in [0.4, 0.5) is 0 Å². The van der Waals surface area contributed by atoms with E-state index in [1.165, 1.54) is 0 Å². The second-order valence-corrected chi connectivity index (χ2v) is 5.73. The van der Waals surface area contributed by atoms with Crippen molar-refractivity contribution in [3.05, 3.63) is 0 Å². The molecule has 16 heavy (non-hydrogen) atoms. The smallest absolute Gasteiger partial charge is 0.277 e. The van der Waals surface area contributed by atoms with Crippen molar-refractivity contribution in [2.45, 2.75) is 46.7 Å². The van der Waals surface area contributed by atoms with Gasteiger partial charge in [0.05, 0.1) is 0 Å². The number of likely N-dealkylation sites (N-methyl/N-ethyl adjacent to an activating group) is 1. The first-order chi connectivity index (χ1) is 7.32. The fourth-order valence-corrected chi connectivity index (χ4v) is 2.72. The van der Waals surface area contributed by atoms with Gasteiger partial charge in [0.15, 0.2) is 0 Å². The van der Waals surface area contributed by atoms with Gasteiger partial charge in [-0.25, -0.2) is 4.72 Å². The predicted octanol–water partition coefficient (Wildman–Crippen LogP) is 0.549. The van der Waals surface area contributed by atoms with Crippen molar-refractivity contribution < 1.29 is 8.42 Å². The lowest BCUT2D eigenvalue weighted by Crippen LogP contribution is -2.46. The molecule has 0 aliphatic heterocycles. The van der Waals surface area contributed by atoms with Crippen LogP contribution in [0, 0.1) is 0 Å². The van der Waals surface area contributed by atoms with E-state index in [1.54, 1.807) is 13.8 Å². The molecule has 6 heteroatoms. The van der Waals surface area contributed by atoms with E-state index in [0.717, 1.165) is 13.1 Å². The lowest BCUT2D eigenvalue weighted by Gasteiger charge is -2.26. The highest BCUT2D eigenvalue weighted by atomic mass is 32.2. The summed E-state index contributed by atoms with van der Waals surface area (Å²) in [5, 5.41) is 0. The Kier molecular flexibility index (Phi) is 7.14. The van der Waals surface area contributed by atoms with E-state index in [1.807, 2.05) is 6.92 Å². The molecule has 0 aromatic heterocycles. The zero-order valence-electron chi connectivity index (χ0n) is 10.9. The summed E-state index contributed by atoms with van der Waals surface area (Å²) in [5.74, 6) is 0. The summed E-state index contributed by atoms with van der Waals surface area (Å²) in [5.41, 5.74) is 0. The van der Waals surface area contributed by atoms with Gasteiger partial charge < -0.3 is 0 Å². The molecule has 0 heterocycles. The zero-order valence-corrected chi connectivity index (χ0v) is 11.8. The third-order valence-electron chi connectivity index (χ3n) is 2.40. The average Bonchev–Trinajstić information content (AvgIpc) is 2.15. The van der Waals surface area contributed by atoms with Gasteiger partial charge in [-0.1, -0.05) is 13.8 Å². The third kappa shape index (κ3) is 6.42. The number of rotatable bonds is 8. The summed E-state index contributed by atoms with van der Waals surface area (Å²) in [6.07, 6.45) is 0. The van der Waals surface area contributed by atoms with Gasteiger partial charge in [0.1, 0.15) is 0 Å². The van der Waals surface area contributed by atoms with Crippen molar-refractivity contribution in [1.29, 1.82) is 0 Å². The van der Waals surface area contributed by atoms with E-state index in [-0.39, 0.29) is 12.1 Å². The van der Waals surface area contributed by atoms with Crippen molar-refractivity contribution in [1.82, 2.24) is 14.3 Å². The Morgan fingerprint density at radius 3 is 2.00 bits per heavy atom. The lowest BCUT2D eigenvalue weighted by molar-refractivity contribution is 0.232. The Labute approximate surface area is 99.8 Å². The van der Waals surface area contributed by atoms with Gasteiger partial charge in [-0.3, -0.25) is 4.90 Å². The fraction of sp³-hybridized carbons (Fsp3) is 1.00. The zero-order chi connectivity index (χ0) is 12.8. The molecule has 0 aromatic rings. The molecule has 0 radical (unpaired) electrons. The van der Waals surface area contributed by atoms with Crippen LogP contribution in [0.2, 0.25) is 0 Å². The van der Waals surface area contributed by atoms with Gasteiger partial charge in [-0.2, -0.15) is 13.1 Å². The largest absolute Gasteiger partial charge is 0.300 e. The third-order valence-corrected chi connectivity index (χ3v) is 3.72. The van der Waals surface area contributed by atoms with Crippen LogP contribution in [0.5, 0.6) is 0 Å².